The monoisotopic (exact) mass is 301 g/mol. The highest BCUT2D eigenvalue weighted by Crippen LogP contribution is 2.27. The highest BCUT2D eigenvalue weighted by Gasteiger charge is 2.06. The summed E-state index contributed by atoms with van der Waals surface area (Å²) in [6.45, 7) is 2.24. The summed E-state index contributed by atoms with van der Waals surface area (Å²) in [5, 5.41) is 0. The van der Waals surface area contributed by atoms with Crippen molar-refractivity contribution in [2.75, 3.05) is 13.7 Å². The fourth-order valence-electron chi connectivity index (χ4n) is 1.91. The Kier molecular flexibility index (Phi) is 5.38. The Morgan fingerprint density at radius 3 is 2.59 bits per heavy atom. The maximum atomic E-state index is 11.1. The molecule has 2 rings (SSSR count). The zero-order valence-corrected chi connectivity index (χ0v) is 12.7. The van der Waals surface area contributed by atoms with Crippen molar-refractivity contribution < 1.29 is 19.0 Å². The number of hydrogen-bond acceptors (Lipinski definition) is 5. The number of methoxy groups -OCH3 is 1. The molecule has 22 heavy (non-hydrogen) atoms. The number of esters is 1. The van der Waals surface area contributed by atoms with Crippen molar-refractivity contribution in [2.24, 2.45) is 5.73 Å². The van der Waals surface area contributed by atoms with E-state index >= 15 is 0 Å². The lowest BCUT2D eigenvalue weighted by Crippen LogP contribution is -2.12. The molecule has 5 heteroatoms. The van der Waals surface area contributed by atoms with Crippen LogP contribution in [-0.4, -0.2) is 19.7 Å². The van der Waals surface area contributed by atoms with Crippen molar-refractivity contribution >= 4 is 5.97 Å². The van der Waals surface area contributed by atoms with Gasteiger partial charge in [0.1, 0.15) is 17.2 Å². The van der Waals surface area contributed by atoms with Crippen molar-refractivity contribution in [3.8, 4) is 17.2 Å². The highest BCUT2D eigenvalue weighted by atomic mass is 16.6. The Morgan fingerprint density at radius 1 is 1.14 bits per heavy atom. The summed E-state index contributed by atoms with van der Waals surface area (Å²) in [5.41, 5.74) is 7.49. The largest absolute Gasteiger partial charge is 0.482 e. The van der Waals surface area contributed by atoms with E-state index < -0.39 is 5.97 Å². The van der Waals surface area contributed by atoms with Crippen LogP contribution in [0.25, 0.3) is 0 Å². The number of rotatable bonds is 6. The molecule has 0 bridgehead atoms. The molecule has 0 radical (unpaired) electrons. The van der Waals surface area contributed by atoms with Gasteiger partial charge in [0, 0.05) is 6.54 Å². The molecule has 5 nitrogen and oxygen atoms in total. The van der Waals surface area contributed by atoms with Crippen LogP contribution in [0.5, 0.6) is 17.2 Å². The summed E-state index contributed by atoms with van der Waals surface area (Å²) in [6.07, 6.45) is 0. The molecular formula is C17H19NO4. The Labute approximate surface area is 129 Å². The lowest BCUT2D eigenvalue weighted by atomic mass is 10.2. The number of benzene rings is 2. The van der Waals surface area contributed by atoms with Crippen LogP contribution in [0.3, 0.4) is 0 Å². The van der Waals surface area contributed by atoms with Gasteiger partial charge < -0.3 is 19.9 Å². The smallest absolute Gasteiger partial charge is 0.343 e. The normalized spacial score (nSPS) is 10.1. The lowest BCUT2D eigenvalue weighted by Gasteiger charge is -2.11. The molecule has 2 N–H and O–H groups in total. The number of ether oxygens (including phenoxy) is 3. The summed E-state index contributed by atoms with van der Waals surface area (Å²) < 4.78 is 15.7. The summed E-state index contributed by atoms with van der Waals surface area (Å²) in [5.74, 6) is 1.62. The molecule has 2 aromatic rings. The van der Waals surface area contributed by atoms with Crippen LogP contribution in [0, 0.1) is 6.92 Å². The van der Waals surface area contributed by atoms with Crippen molar-refractivity contribution in [3.63, 3.8) is 0 Å². The van der Waals surface area contributed by atoms with Gasteiger partial charge in [-0.15, -0.1) is 0 Å². The molecule has 0 fully saturated rings. The Morgan fingerprint density at radius 2 is 1.91 bits per heavy atom. The molecule has 0 aromatic heterocycles. The van der Waals surface area contributed by atoms with E-state index in [2.05, 4.69) is 4.74 Å². The van der Waals surface area contributed by atoms with Gasteiger partial charge in [-0.3, -0.25) is 0 Å². The molecule has 0 saturated carbocycles. The summed E-state index contributed by atoms with van der Waals surface area (Å²) in [4.78, 5) is 11.1. The van der Waals surface area contributed by atoms with Gasteiger partial charge in [0.25, 0.3) is 0 Å². The number of carbonyl (C=O) groups excluding carboxylic acids is 1. The number of aryl methyl sites for hydroxylation is 1. The number of nitrogens with two attached hydrogens (primary N) is 1. The molecule has 0 unspecified atom stereocenters. The first-order valence-electron chi connectivity index (χ1n) is 6.89. The van der Waals surface area contributed by atoms with Gasteiger partial charge in [0.15, 0.2) is 6.61 Å². The minimum Gasteiger partial charge on any atom is -0.482 e. The van der Waals surface area contributed by atoms with E-state index in [1.807, 2.05) is 37.3 Å². The van der Waals surface area contributed by atoms with Crippen LogP contribution in [0.1, 0.15) is 11.1 Å². The molecule has 0 aliphatic rings. The van der Waals surface area contributed by atoms with E-state index in [4.69, 9.17) is 15.2 Å². The second kappa shape index (κ2) is 7.47. The van der Waals surface area contributed by atoms with Crippen LogP contribution in [0.15, 0.2) is 42.5 Å². The summed E-state index contributed by atoms with van der Waals surface area (Å²) in [7, 11) is 1.32. The zero-order valence-electron chi connectivity index (χ0n) is 12.7. The quantitative estimate of drug-likeness (QED) is 0.831. The molecule has 0 atom stereocenters. The molecular weight excluding hydrogens is 282 g/mol. The van der Waals surface area contributed by atoms with Gasteiger partial charge >= 0.3 is 5.97 Å². The van der Waals surface area contributed by atoms with Crippen molar-refractivity contribution in [3.05, 3.63) is 53.6 Å². The molecule has 0 spiro atoms. The minimum absolute atomic E-state index is 0.115. The third-order valence-corrected chi connectivity index (χ3v) is 3.09. The van der Waals surface area contributed by atoms with Crippen LogP contribution in [-0.2, 0) is 16.1 Å². The van der Waals surface area contributed by atoms with E-state index in [9.17, 15) is 4.79 Å². The Hall–Kier alpha value is -2.53. The molecule has 2 aromatic carbocycles. The first-order chi connectivity index (χ1) is 10.6. The van der Waals surface area contributed by atoms with Crippen molar-refractivity contribution in [1.29, 1.82) is 0 Å². The average Bonchev–Trinajstić information content (AvgIpc) is 2.54. The van der Waals surface area contributed by atoms with Gasteiger partial charge in [-0.2, -0.15) is 0 Å². The minimum atomic E-state index is -0.418. The Bertz CT molecular complexity index is 655. The van der Waals surface area contributed by atoms with Gasteiger partial charge in [-0.1, -0.05) is 12.1 Å². The van der Waals surface area contributed by atoms with E-state index in [1.54, 1.807) is 12.1 Å². The fraction of sp³-hybridized carbons (Fsp3) is 0.235. The SMILES string of the molecule is COC(=O)COc1ccc(Oc2cccc(CN)c2)cc1C. The predicted octanol–water partition coefficient (Wildman–Crippen LogP) is 2.80. The molecule has 0 heterocycles. The third-order valence-electron chi connectivity index (χ3n) is 3.09. The first kappa shape index (κ1) is 15.9. The van der Waals surface area contributed by atoms with E-state index in [0.717, 1.165) is 16.9 Å². The second-order valence-corrected chi connectivity index (χ2v) is 4.75. The van der Waals surface area contributed by atoms with E-state index in [1.165, 1.54) is 7.11 Å². The van der Waals surface area contributed by atoms with Gasteiger partial charge in [0.2, 0.25) is 0 Å². The summed E-state index contributed by atoms with van der Waals surface area (Å²) >= 11 is 0. The van der Waals surface area contributed by atoms with Gasteiger partial charge in [0.05, 0.1) is 7.11 Å². The van der Waals surface area contributed by atoms with E-state index in [0.29, 0.717) is 18.0 Å². The molecule has 0 aliphatic carbocycles. The molecule has 0 saturated heterocycles. The van der Waals surface area contributed by atoms with Crippen LogP contribution < -0.4 is 15.2 Å². The first-order valence-corrected chi connectivity index (χ1v) is 6.89. The Balaban J connectivity index is 2.06. The maximum Gasteiger partial charge on any atom is 0.343 e. The zero-order chi connectivity index (χ0) is 15.9. The van der Waals surface area contributed by atoms with Crippen molar-refractivity contribution in [2.45, 2.75) is 13.5 Å². The van der Waals surface area contributed by atoms with Gasteiger partial charge in [-0.05, 0) is 48.4 Å². The third kappa shape index (κ3) is 4.23. The van der Waals surface area contributed by atoms with Crippen LogP contribution in [0.4, 0.5) is 0 Å². The molecule has 0 amide bonds. The van der Waals surface area contributed by atoms with Gasteiger partial charge in [-0.25, -0.2) is 4.79 Å². The average molecular weight is 301 g/mol. The predicted molar refractivity (Wildman–Crippen MR) is 83.1 cm³/mol. The van der Waals surface area contributed by atoms with Crippen LogP contribution >= 0.6 is 0 Å². The maximum absolute atomic E-state index is 11.1. The van der Waals surface area contributed by atoms with Crippen molar-refractivity contribution in [1.82, 2.24) is 0 Å². The number of carbonyl (C=O) groups is 1. The second-order valence-electron chi connectivity index (χ2n) is 4.75. The molecule has 0 aliphatic heterocycles. The summed E-state index contributed by atoms with van der Waals surface area (Å²) in [6, 6.07) is 13.0. The molecule has 116 valence electrons. The number of hydrogen-bond donors (Lipinski definition) is 1. The topological polar surface area (TPSA) is 70.8 Å². The van der Waals surface area contributed by atoms with E-state index in [-0.39, 0.29) is 6.61 Å². The standard InChI is InChI=1S/C17H19NO4/c1-12-8-15(6-7-16(12)21-11-17(19)20-2)22-14-5-3-4-13(9-14)10-18/h3-9H,10-11,18H2,1-2H3. The lowest BCUT2D eigenvalue weighted by molar-refractivity contribution is -0.142. The van der Waals surface area contributed by atoms with Crippen LogP contribution in [0.2, 0.25) is 0 Å². The fourth-order valence-corrected chi connectivity index (χ4v) is 1.91. The highest BCUT2D eigenvalue weighted by molar-refractivity contribution is 5.70.